The van der Waals surface area contributed by atoms with E-state index in [0.29, 0.717) is 23.8 Å². The van der Waals surface area contributed by atoms with Crippen LogP contribution in [0.15, 0.2) is 6.20 Å². The molecule has 1 atom stereocenters. The van der Waals surface area contributed by atoms with Gasteiger partial charge in [-0.3, -0.25) is 9.89 Å². The largest absolute Gasteiger partial charge is 0.396 e. The first-order chi connectivity index (χ1) is 8.22. The number of piperidine rings is 1. The fourth-order valence-electron chi connectivity index (χ4n) is 2.30. The molecule has 1 unspecified atom stereocenters. The molecule has 1 aromatic rings. The van der Waals surface area contributed by atoms with Crippen LogP contribution in [-0.4, -0.2) is 45.8 Å². The number of H-pyrrole nitrogens is 1. The molecule has 0 aromatic carbocycles. The predicted molar refractivity (Wildman–Crippen MR) is 63.3 cm³/mol. The van der Waals surface area contributed by atoms with Gasteiger partial charge in [0.15, 0.2) is 0 Å². The van der Waals surface area contributed by atoms with Gasteiger partial charge in [-0.15, -0.1) is 0 Å². The lowest BCUT2D eigenvalue weighted by Crippen LogP contribution is -2.40. The number of aliphatic hydroxyl groups excluding tert-OH is 1. The minimum Gasteiger partial charge on any atom is -0.396 e. The number of nitrogens with zero attached hydrogens (tertiary/aromatic N) is 2. The number of carbonyl (C=O) groups is 1. The molecule has 1 aliphatic rings. The Labute approximate surface area is 99.8 Å². The van der Waals surface area contributed by atoms with Crippen molar-refractivity contribution < 1.29 is 9.90 Å². The van der Waals surface area contributed by atoms with Crippen LogP contribution in [0, 0.1) is 5.92 Å². The van der Waals surface area contributed by atoms with Gasteiger partial charge >= 0.3 is 0 Å². The monoisotopic (exact) mass is 238 g/mol. The van der Waals surface area contributed by atoms with Crippen molar-refractivity contribution in [1.82, 2.24) is 15.1 Å². The summed E-state index contributed by atoms with van der Waals surface area (Å²) in [6, 6.07) is 0. The minimum atomic E-state index is -0.0705. The molecule has 0 spiro atoms. The van der Waals surface area contributed by atoms with Crippen molar-refractivity contribution in [2.45, 2.75) is 19.3 Å². The molecule has 0 aliphatic carbocycles. The van der Waals surface area contributed by atoms with Gasteiger partial charge in [-0.25, -0.2) is 0 Å². The first-order valence-corrected chi connectivity index (χ1v) is 5.91. The van der Waals surface area contributed by atoms with Gasteiger partial charge in [0.05, 0.1) is 6.20 Å². The summed E-state index contributed by atoms with van der Waals surface area (Å²) < 4.78 is 0. The van der Waals surface area contributed by atoms with Crippen molar-refractivity contribution in [2.24, 2.45) is 5.92 Å². The molecule has 1 amide bonds. The minimum absolute atomic E-state index is 0.0705. The Morgan fingerprint density at radius 3 is 3.18 bits per heavy atom. The molecule has 6 heteroatoms. The number of rotatable bonds is 3. The van der Waals surface area contributed by atoms with Gasteiger partial charge in [-0.1, -0.05) is 0 Å². The molecule has 1 aromatic heterocycles. The number of aromatic nitrogens is 2. The summed E-state index contributed by atoms with van der Waals surface area (Å²) in [6.07, 6.45) is 4.28. The third-order valence-electron chi connectivity index (χ3n) is 3.24. The highest BCUT2D eigenvalue weighted by molar-refractivity contribution is 5.98. The van der Waals surface area contributed by atoms with Crippen molar-refractivity contribution in [3.05, 3.63) is 11.8 Å². The highest BCUT2D eigenvalue weighted by Crippen LogP contribution is 2.21. The van der Waals surface area contributed by atoms with E-state index < -0.39 is 0 Å². The number of likely N-dealkylation sites (tertiary alicyclic amines) is 1. The van der Waals surface area contributed by atoms with E-state index >= 15 is 0 Å². The zero-order valence-electron chi connectivity index (χ0n) is 9.72. The zero-order chi connectivity index (χ0) is 12.3. The van der Waals surface area contributed by atoms with Crippen LogP contribution in [0.2, 0.25) is 0 Å². The maximum absolute atomic E-state index is 12.2. The highest BCUT2D eigenvalue weighted by atomic mass is 16.3. The number of anilines is 1. The van der Waals surface area contributed by atoms with Crippen LogP contribution in [0.3, 0.4) is 0 Å². The van der Waals surface area contributed by atoms with Crippen LogP contribution in [0.4, 0.5) is 5.82 Å². The van der Waals surface area contributed by atoms with Crippen molar-refractivity contribution in [1.29, 1.82) is 0 Å². The number of carbonyl (C=O) groups excluding carboxylic acids is 1. The SMILES string of the molecule is Nc1[nH]ncc1C(=O)N1CCCC(CCO)C1. The maximum atomic E-state index is 12.2. The topological polar surface area (TPSA) is 95.2 Å². The average molecular weight is 238 g/mol. The zero-order valence-corrected chi connectivity index (χ0v) is 9.72. The summed E-state index contributed by atoms with van der Waals surface area (Å²) in [5.74, 6) is 0.643. The van der Waals surface area contributed by atoms with Crippen LogP contribution in [0.25, 0.3) is 0 Å². The van der Waals surface area contributed by atoms with Crippen LogP contribution in [0.5, 0.6) is 0 Å². The van der Waals surface area contributed by atoms with Crippen LogP contribution in [-0.2, 0) is 0 Å². The molecule has 1 aliphatic heterocycles. The van der Waals surface area contributed by atoms with E-state index in [1.165, 1.54) is 6.20 Å². The van der Waals surface area contributed by atoms with Gasteiger partial charge in [-0.2, -0.15) is 5.10 Å². The Kier molecular flexibility index (Phi) is 3.63. The Hall–Kier alpha value is -1.56. The summed E-state index contributed by atoms with van der Waals surface area (Å²) in [5.41, 5.74) is 6.08. The molecule has 1 saturated heterocycles. The van der Waals surface area contributed by atoms with Crippen molar-refractivity contribution in [2.75, 3.05) is 25.4 Å². The Morgan fingerprint density at radius 1 is 1.71 bits per heavy atom. The lowest BCUT2D eigenvalue weighted by molar-refractivity contribution is 0.0655. The molecular weight excluding hydrogens is 220 g/mol. The molecule has 2 heterocycles. The maximum Gasteiger partial charge on any atom is 0.259 e. The molecule has 0 radical (unpaired) electrons. The molecule has 2 rings (SSSR count). The van der Waals surface area contributed by atoms with Crippen LogP contribution >= 0.6 is 0 Å². The molecule has 94 valence electrons. The highest BCUT2D eigenvalue weighted by Gasteiger charge is 2.25. The third kappa shape index (κ3) is 2.58. The Balaban J connectivity index is 2.02. The molecular formula is C11H18N4O2. The second kappa shape index (κ2) is 5.18. The molecule has 6 nitrogen and oxygen atoms in total. The third-order valence-corrected chi connectivity index (χ3v) is 3.24. The van der Waals surface area contributed by atoms with Gasteiger partial charge < -0.3 is 15.7 Å². The number of nitrogens with two attached hydrogens (primary N) is 1. The molecule has 4 N–H and O–H groups in total. The second-order valence-corrected chi connectivity index (χ2v) is 4.47. The number of amides is 1. The van der Waals surface area contributed by atoms with Gasteiger partial charge in [-0.05, 0) is 25.2 Å². The normalized spacial score (nSPS) is 20.5. The standard InChI is InChI=1S/C11H18N4O2/c12-10-9(6-13-14-10)11(17)15-4-1-2-8(7-15)3-5-16/h6,8,16H,1-5,7H2,(H3,12,13,14). The summed E-state index contributed by atoms with van der Waals surface area (Å²) in [5, 5.41) is 15.3. The lowest BCUT2D eigenvalue weighted by Gasteiger charge is -2.32. The Bertz CT molecular complexity index is 389. The van der Waals surface area contributed by atoms with Crippen LogP contribution in [0.1, 0.15) is 29.6 Å². The van der Waals surface area contributed by atoms with Gasteiger partial charge in [0.2, 0.25) is 0 Å². The predicted octanol–water partition coefficient (Wildman–Crippen LogP) is 0.226. The number of nitrogen functional groups attached to an aromatic ring is 1. The van der Waals surface area contributed by atoms with E-state index in [4.69, 9.17) is 10.8 Å². The van der Waals surface area contributed by atoms with E-state index in [9.17, 15) is 4.79 Å². The van der Waals surface area contributed by atoms with Crippen molar-refractivity contribution >= 4 is 11.7 Å². The second-order valence-electron chi connectivity index (χ2n) is 4.47. The summed E-state index contributed by atoms with van der Waals surface area (Å²) in [7, 11) is 0. The van der Waals surface area contributed by atoms with E-state index in [0.717, 1.165) is 25.8 Å². The first-order valence-electron chi connectivity index (χ1n) is 5.91. The fourth-order valence-corrected chi connectivity index (χ4v) is 2.30. The molecule has 0 saturated carbocycles. The lowest BCUT2D eigenvalue weighted by atomic mass is 9.95. The van der Waals surface area contributed by atoms with Crippen LogP contribution < -0.4 is 5.73 Å². The molecule has 0 bridgehead atoms. The number of nitrogens with one attached hydrogen (secondary N) is 1. The summed E-state index contributed by atoms with van der Waals surface area (Å²) >= 11 is 0. The molecule has 17 heavy (non-hydrogen) atoms. The smallest absolute Gasteiger partial charge is 0.259 e. The number of hydrogen-bond acceptors (Lipinski definition) is 4. The number of aliphatic hydroxyl groups is 1. The van der Waals surface area contributed by atoms with Crippen molar-refractivity contribution in [3.63, 3.8) is 0 Å². The van der Waals surface area contributed by atoms with E-state index in [2.05, 4.69) is 10.2 Å². The summed E-state index contributed by atoms with van der Waals surface area (Å²) in [4.78, 5) is 14.0. The van der Waals surface area contributed by atoms with Gasteiger partial charge in [0.1, 0.15) is 11.4 Å². The fraction of sp³-hybridized carbons (Fsp3) is 0.636. The van der Waals surface area contributed by atoms with Crippen molar-refractivity contribution in [3.8, 4) is 0 Å². The van der Waals surface area contributed by atoms with Gasteiger partial charge in [0, 0.05) is 19.7 Å². The number of hydrogen-bond donors (Lipinski definition) is 3. The first kappa shape index (κ1) is 11.9. The van der Waals surface area contributed by atoms with E-state index in [1.807, 2.05) is 0 Å². The molecule has 1 fully saturated rings. The Morgan fingerprint density at radius 2 is 2.53 bits per heavy atom. The van der Waals surface area contributed by atoms with E-state index in [-0.39, 0.29) is 12.5 Å². The average Bonchev–Trinajstić information content (AvgIpc) is 2.75. The summed E-state index contributed by atoms with van der Waals surface area (Å²) in [6.45, 7) is 1.63. The number of aromatic amines is 1. The van der Waals surface area contributed by atoms with Gasteiger partial charge in [0.25, 0.3) is 5.91 Å². The quantitative estimate of drug-likeness (QED) is 0.702. The van der Waals surface area contributed by atoms with E-state index in [1.54, 1.807) is 4.90 Å².